The van der Waals surface area contributed by atoms with Crippen molar-refractivity contribution in [1.29, 1.82) is 0 Å². The topological polar surface area (TPSA) is 144 Å². The Morgan fingerprint density at radius 1 is 0.936 bits per heavy atom. The minimum Gasteiger partial charge on any atom is -0.454 e. The van der Waals surface area contributed by atoms with Crippen molar-refractivity contribution in [3.05, 3.63) is 0 Å². The normalized spacial score (nSPS) is 58.8. The average molecular weight is 663 g/mol. The van der Waals surface area contributed by atoms with Crippen molar-refractivity contribution in [1.82, 2.24) is 0 Å². The molecule has 10 nitrogen and oxygen atoms in total. The van der Waals surface area contributed by atoms with Crippen molar-refractivity contribution in [2.45, 2.75) is 167 Å². The molecule has 2 bridgehead atoms. The first-order valence-electron chi connectivity index (χ1n) is 18.4. The molecule has 0 radical (unpaired) electrons. The van der Waals surface area contributed by atoms with Gasteiger partial charge >= 0.3 is 5.97 Å². The zero-order chi connectivity index (χ0) is 33.9. The van der Waals surface area contributed by atoms with Crippen molar-refractivity contribution >= 4 is 5.97 Å². The lowest BCUT2D eigenvalue weighted by Gasteiger charge is -2.63. The molecular weight excluding hydrogens is 604 g/mol. The summed E-state index contributed by atoms with van der Waals surface area (Å²) in [5.74, 6) is -0.546. The first-order valence-corrected chi connectivity index (χ1v) is 18.4. The van der Waals surface area contributed by atoms with Gasteiger partial charge in [-0.15, -0.1) is 0 Å². The molecule has 5 aliphatic carbocycles. The van der Waals surface area contributed by atoms with Crippen LogP contribution in [0, 0.1) is 50.7 Å². The second-order valence-corrected chi connectivity index (χ2v) is 18.9. The van der Waals surface area contributed by atoms with Gasteiger partial charge in [0.2, 0.25) is 0 Å². The zero-order valence-corrected chi connectivity index (χ0v) is 29.5. The number of rotatable bonds is 4. The van der Waals surface area contributed by atoms with Gasteiger partial charge in [0.25, 0.3) is 0 Å². The van der Waals surface area contributed by atoms with Crippen LogP contribution in [0.25, 0.3) is 0 Å². The maximum atomic E-state index is 12.7. The Morgan fingerprint density at radius 3 is 2.30 bits per heavy atom. The van der Waals surface area contributed by atoms with Crippen LogP contribution in [-0.4, -0.2) is 93.4 Å². The Kier molecular flexibility index (Phi) is 7.03. The number of hydrogen-bond donors (Lipinski definition) is 4. The molecule has 8 fully saturated rings. The Hall–Kier alpha value is -0.850. The number of aliphatic hydroxyl groups is 4. The molecule has 0 aromatic heterocycles. The second-order valence-electron chi connectivity index (χ2n) is 18.9. The fourth-order valence-corrected chi connectivity index (χ4v) is 14.3. The molecule has 0 amide bonds. The van der Waals surface area contributed by atoms with E-state index in [0.717, 1.165) is 51.4 Å². The van der Waals surface area contributed by atoms with Gasteiger partial charge < -0.3 is 44.1 Å². The van der Waals surface area contributed by atoms with E-state index < -0.39 is 59.6 Å². The molecule has 0 aromatic rings. The van der Waals surface area contributed by atoms with Gasteiger partial charge in [-0.05, 0) is 105 Å². The molecule has 3 aliphatic heterocycles. The number of aliphatic hydroxyl groups excluding tert-OH is 3. The highest BCUT2D eigenvalue weighted by Crippen LogP contribution is 2.90. The minimum absolute atomic E-state index is 0.0541. The van der Waals surface area contributed by atoms with Crippen molar-refractivity contribution in [2.75, 3.05) is 6.61 Å². The highest BCUT2D eigenvalue weighted by atomic mass is 16.8. The van der Waals surface area contributed by atoms with Crippen LogP contribution in [0.4, 0.5) is 0 Å². The summed E-state index contributed by atoms with van der Waals surface area (Å²) >= 11 is 0. The predicted octanol–water partition coefficient (Wildman–Crippen LogP) is 3.69. The summed E-state index contributed by atoms with van der Waals surface area (Å²) in [5.41, 5.74) is -1.54. The van der Waals surface area contributed by atoms with Crippen LogP contribution in [0.3, 0.4) is 0 Å². The summed E-state index contributed by atoms with van der Waals surface area (Å²) in [6.45, 7) is 16.5. The van der Waals surface area contributed by atoms with Gasteiger partial charge in [0.05, 0.1) is 24.4 Å². The largest absolute Gasteiger partial charge is 0.454 e. The van der Waals surface area contributed by atoms with Gasteiger partial charge in [-0.3, -0.25) is 4.79 Å². The number of fused-ring (bicyclic) bond motifs is 4. The first-order chi connectivity index (χ1) is 21.8. The highest BCUT2D eigenvalue weighted by Gasteiger charge is 2.88. The zero-order valence-electron chi connectivity index (χ0n) is 29.5. The number of carbonyl (C=O) groups excluding carboxylic acids is 1. The fourth-order valence-electron chi connectivity index (χ4n) is 14.3. The van der Waals surface area contributed by atoms with Gasteiger partial charge in [0.1, 0.15) is 24.4 Å². The molecule has 266 valence electrons. The third-order valence-corrected chi connectivity index (χ3v) is 16.2. The molecule has 4 N–H and O–H groups in total. The van der Waals surface area contributed by atoms with E-state index in [1.807, 2.05) is 0 Å². The standard InChI is InChI=1S/C37H58O10/c1-18-15-21-28(32(5,6)42)47-37(46-21)27(18)33(7)13-14-36-17-35(36)12-11-24(45-29-26(44-19(2)38)25(40)20(39)16-43-29)31(3,4)22(35)9-10-23(36)34(33,8)30(37)41/h18,20-30,39-42H,9-17H2,1-8H3/t18-,20+,21+,22+,23+,24+,25+,26-,27-,28-,29+,30-,33-,34-,35-,36-,37+/m1/s1. The average Bonchev–Trinajstić information content (AvgIpc) is 3.49. The van der Waals surface area contributed by atoms with Crippen LogP contribution >= 0.6 is 0 Å². The Bertz CT molecular complexity index is 1310. The van der Waals surface area contributed by atoms with Gasteiger partial charge in [0.15, 0.2) is 18.2 Å². The molecule has 0 unspecified atom stereocenters. The van der Waals surface area contributed by atoms with Gasteiger partial charge in [0, 0.05) is 18.3 Å². The molecule has 8 rings (SSSR count). The third kappa shape index (κ3) is 3.94. The predicted molar refractivity (Wildman–Crippen MR) is 168 cm³/mol. The number of ether oxygens (including phenoxy) is 5. The number of esters is 1. The lowest BCUT2D eigenvalue weighted by atomic mass is 9.41. The van der Waals surface area contributed by atoms with Crippen LogP contribution in [0.1, 0.15) is 107 Å². The van der Waals surface area contributed by atoms with E-state index in [4.69, 9.17) is 23.7 Å². The Morgan fingerprint density at radius 2 is 1.62 bits per heavy atom. The SMILES string of the molecule is CC(=O)O[C@H]1[C@H](O[C@H]2CC[C@]34C[C@@]35CC[C@]3(C)[C@H]6[C@H](C)C[C@@H]7O[C@@]6(O[C@H]7C(C)(C)O)[C@H](O)[C@@]3(C)[C@@H]5CC[C@H]4C2(C)C)OC[C@H](O)[C@@H]1O. The van der Waals surface area contributed by atoms with E-state index in [1.165, 1.54) is 6.92 Å². The molecule has 10 heteroatoms. The van der Waals surface area contributed by atoms with Gasteiger partial charge in [-0.2, -0.15) is 0 Å². The van der Waals surface area contributed by atoms with E-state index >= 15 is 0 Å². The second kappa shape index (κ2) is 9.93. The van der Waals surface area contributed by atoms with E-state index in [2.05, 4.69) is 34.6 Å². The summed E-state index contributed by atoms with van der Waals surface area (Å²) < 4.78 is 31.6. The maximum Gasteiger partial charge on any atom is 0.303 e. The summed E-state index contributed by atoms with van der Waals surface area (Å²) in [4.78, 5) is 11.9. The van der Waals surface area contributed by atoms with E-state index in [1.54, 1.807) is 13.8 Å². The lowest BCUT2D eigenvalue weighted by molar-refractivity contribution is -0.305. The van der Waals surface area contributed by atoms with Crippen molar-refractivity contribution in [3.8, 4) is 0 Å². The lowest BCUT2D eigenvalue weighted by Crippen LogP contribution is -2.61. The van der Waals surface area contributed by atoms with Crippen molar-refractivity contribution in [3.63, 3.8) is 0 Å². The first kappa shape index (κ1) is 33.3. The molecule has 17 atom stereocenters. The molecular formula is C37H58O10. The van der Waals surface area contributed by atoms with Crippen molar-refractivity contribution < 1.29 is 48.9 Å². The molecule has 8 aliphatic rings. The monoisotopic (exact) mass is 662 g/mol. The number of hydrogen-bond acceptors (Lipinski definition) is 10. The van der Waals surface area contributed by atoms with Crippen LogP contribution in [0.2, 0.25) is 0 Å². The Balaban J connectivity index is 1.08. The maximum absolute atomic E-state index is 12.7. The fraction of sp³-hybridized carbons (Fsp3) is 0.973. The van der Waals surface area contributed by atoms with Crippen LogP contribution in [0.5, 0.6) is 0 Å². The molecule has 3 heterocycles. The van der Waals surface area contributed by atoms with E-state index in [0.29, 0.717) is 17.8 Å². The van der Waals surface area contributed by atoms with Gasteiger partial charge in [-0.1, -0.05) is 34.6 Å². The van der Waals surface area contributed by atoms with Crippen LogP contribution < -0.4 is 0 Å². The van der Waals surface area contributed by atoms with Crippen LogP contribution in [0.15, 0.2) is 0 Å². The molecule has 5 saturated carbocycles. The Labute approximate surface area is 279 Å². The van der Waals surface area contributed by atoms with Gasteiger partial charge in [-0.25, -0.2) is 0 Å². The van der Waals surface area contributed by atoms with E-state index in [-0.39, 0.29) is 46.4 Å². The quantitative estimate of drug-likeness (QED) is 0.260. The van der Waals surface area contributed by atoms with Crippen LogP contribution in [-0.2, 0) is 28.5 Å². The summed E-state index contributed by atoms with van der Waals surface area (Å²) in [7, 11) is 0. The molecule has 47 heavy (non-hydrogen) atoms. The molecule has 3 saturated heterocycles. The minimum atomic E-state index is -1.28. The smallest absolute Gasteiger partial charge is 0.303 e. The highest BCUT2D eigenvalue weighted by molar-refractivity contribution is 5.66. The molecule has 3 spiro atoms. The van der Waals surface area contributed by atoms with Crippen molar-refractivity contribution in [2.24, 2.45) is 50.7 Å². The molecule has 0 aromatic carbocycles. The third-order valence-electron chi connectivity index (χ3n) is 16.2. The number of carbonyl (C=O) groups is 1. The summed E-state index contributed by atoms with van der Waals surface area (Å²) in [6, 6.07) is 0. The van der Waals surface area contributed by atoms with E-state index in [9.17, 15) is 25.2 Å². The summed E-state index contributed by atoms with van der Waals surface area (Å²) in [6.07, 6.45) is 1.92. The summed E-state index contributed by atoms with van der Waals surface area (Å²) in [5, 5.41) is 44.7.